The van der Waals surface area contributed by atoms with Crippen LogP contribution in [0.3, 0.4) is 0 Å². The Balaban J connectivity index is 1.44. The second kappa shape index (κ2) is 8.58. The zero-order valence-corrected chi connectivity index (χ0v) is 18.7. The van der Waals surface area contributed by atoms with Crippen LogP contribution in [0.15, 0.2) is 24.3 Å². The molecule has 2 aliphatic heterocycles. The standard InChI is InChI=1S/C24H36N4O2/c1-18(2)25-23(30)28-10-8-24(9-11-28)17-19(20-6-4-5-7-21(20)24)16-22(29)27-14-12-26(3)13-15-27/h4-7,18-19H,8-17H2,1-3H3,(H,25,30)/t19-/m1/s1. The summed E-state index contributed by atoms with van der Waals surface area (Å²) in [5, 5.41) is 3.02. The first kappa shape index (κ1) is 21.2. The van der Waals surface area contributed by atoms with Crippen LogP contribution in [-0.4, -0.2) is 79.0 Å². The molecule has 0 radical (unpaired) electrons. The van der Waals surface area contributed by atoms with E-state index < -0.39 is 0 Å². The molecule has 0 unspecified atom stereocenters. The highest BCUT2D eigenvalue weighted by Gasteiger charge is 2.46. The molecule has 164 valence electrons. The van der Waals surface area contributed by atoms with E-state index in [-0.39, 0.29) is 17.5 Å². The molecule has 4 rings (SSSR count). The first-order valence-corrected chi connectivity index (χ1v) is 11.5. The average molecular weight is 413 g/mol. The van der Waals surface area contributed by atoms with Crippen LogP contribution in [0.2, 0.25) is 0 Å². The fourth-order valence-corrected chi connectivity index (χ4v) is 5.55. The minimum atomic E-state index is 0.0490. The van der Waals surface area contributed by atoms with Crippen LogP contribution in [0.25, 0.3) is 0 Å². The van der Waals surface area contributed by atoms with Gasteiger partial charge >= 0.3 is 6.03 Å². The summed E-state index contributed by atoms with van der Waals surface area (Å²) in [6, 6.07) is 8.93. The Labute approximate surface area is 180 Å². The van der Waals surface area contributed by atoms with Crippen LogP contribution in [0, 0.1) is 0 Å². The van der Waals surface area contributed by atoms with Crippen molar-refractivity contribution in [1.29, 1.82) is 0 Å². The summed E-state index contributed by atoms with van der Waals surface area (Å²) in [4.78, 5) is 31.7. The number of nitrogens with one attached hydrogen (secondary N) is 1. The van der Waals surface area contributed by atoms with E-state index >= 15 is 0 Å². The molecule has 1 atom stereocenters. The lowest BCUT2D eigenvalue weighted by Gasteiger charge is -2.40. The summed E-state index contributed by atoms with van der Waals surface area (Å²) in [5.74, 6) is 0.595. The molecule has 2 fully saturated rings. The van der Waals surface area contributed by atoms with E-state index in [1.807, 2.05) is 23.6 Å². The summed E-state index contributed by atoms with van der Waals surface area (Å²) in [7, 11) is 2.12. The lowest BCUT2D eigenvalue weighted by molar-refractivity contribution is -0.133. The quantitative estimate of drug-likeness (QED) is 0.831. The molecule has 1 aromatic rings. The SMILES string of the molecule is CC(C)NC(=O)N1CCC2(CC1)C[C@@H](CC(=O)N1CCN(C)CC1)c1ccccc12. The number of urea groups is 1. The molecule has 2 heterocycles. The van der Waals surface area contributed by atoms with Crippen molar-refractivity contribution in [3.05, 3.63) is 35.4 Å². The molecular weight excluding hydrogens is 376 g/mol. The van der Waals surface area contributed by atoms with Gasteiger partial charge in [0.15, 0.2) is 0 Å². The Bertz CT molecular complexity index is 777. The molecule has 3 amide bonds. The van der Waals surface area contributed by atoms with Gasteiger partial charge in [0, 0.05) is 51.7 Å². The van der Waals surface area contributed by atoms with Crippen molar-refractivity contribution in [2.75, 3.05) is 46.3 Å². The number of piperidine rings is 1. The molecule has 6 nitrogen and oxygen atoms in total. The predicted octanol–water partition coefficient (Wildman–Crippen LogP) is 2.79. The van der Waals surface area contributed by atoms with Crippen molar-refractivity contribution in [3.8, 4) is 0 Å². The lowest BCUT2D eigenvalue weighted by Crippen LogP contribution is -2.49. The van der Waals surface area contributed by atoms with Gasteiger partial charge in [0.25, 0.3) is 0 Å². The maximum Gasteiger partial charge on any atom is 0.317 e. The van der Waals surface area contributed by atoms with Crippen molar-refractivity contribution < 1.29 is 9.59 Å². The minimum Gasteiger partial charge on any atom is -0.340 e. The van der Waals surface area contributed by atoms with Crippen molar-refractivity contribution in [3.63, 3.8) is 0 Å². The summed E-state index contributed by atoms with van der Waals surface area (Å²) >= 11 is 0. The highest BCUT2D eigenvalue weighted by atomic mass is 16.2. The molecule has 6 heteroatoms. The van der Waals surface area contributed by atoms with Gasteiger partial charge in [0.05, 0.1) is 0 Å². The summed E-state index contributed by atoms with van der Waals surface area (Å²) in [6.45, 7) is 9.18. The Hall–Kier alpha value is -2.08. The zero-order valence-electron chi connectivity index (χ0n) is 18.7. The van der Waals surface area contributed by atoms with Gasteiger partial charge in [-0.25, -0.2) is 4.79 Å². The number of hydrogen-bond donors (Lipinski definition) is 1. The third-order valence-corrected chi connectivity index (χ3v) is 7.31. The number of likely N-dealkylation sites (tertiary alicyclic amines) is 1. The van der Waals surface area contributed by atoms with Crippen molar-refractivity contribution >= 4 is 11.9 Å². The molecule has 0 saturated carbocycles. The number of benzene rings is 1. The van der Waals surface area contributed by atoms with Gasteiger partial charge in [-0.3, -0.25) is 4.79 Å². The summed E-state index contributed by atoms with van der Waals surface area (Å²) < 4.78 is 0. The molecule has 3 aliphatic rings. The molecule has 1 aliphatic carbocycles. The number of likely N-dealkylation sites (N-methyl/N-ethyl adjacent to an activating group) is 1. The monoisotopic (exact) mass is 412 g/mol. The molecule has 2 saturated heterocycles. The molecule has 1 N–H and O–H groups in total. The van der Waals surface area contributed by atoms with E-state index in [4.69, 9.17) is 0 Å². The van der Waals surface area contributed by atoms with Gasteiger partial charge < -0.3 is 20.0 Å². The molecule has 0 aromatic heterocycles. The molecule has 30 heavy (non-hydrogen) atoms. The Morgan fingerprint density at radius 1 is 1.03 bits per heavy atom. The Morgan fingerprint density at radius 2 is 1.70 bits per heavy atom. The maximum absolute atomic E-state index is 13.0. The molecular formula is C24H36N4O2. The first-order valence-electron chi connectivity index (χ1n) is 11.5. The van der Waals surface area contributed by atoms with Crippen LogP contribution in [0.1, 0.15) is 56.6 Å². The lowest BCUT2D eigenvalue weighted by atomic mass is 9.73. The number of piperazine rings is 1. The third-order valence-electron chi connectivity index (χ3n) is 7.31. The second-order valence-corrected chi connectivity index (χ2v) is 9.75. The number of hydrogen-bond acceptors (Lipinski definition) is 3. The van der Waals surface area contributed by atoms with Crippen LogP contribution >= 0.6 is 0 Å². The van der Waals surface area contributed by atoms with E-state index in [1.165, 1.54) is 11.1 Å². The largest absolute Gasteiger partial charge is 0.340 e. The molecule has 0 bridgehead atoms. The topological polar surface area (TPSA) is 55.9 Å². The molecule has 1 aromatic carbocycles. The maximum atomic E-state index is 13.0. The number of fused-ring (bicyclic) bond motifs is 2. The van der Waals surface area contributed by atoms with Gasteiger partial charge in [0.2, 0.25) is 5.91 Å². The van der Waals surface area contributed by atoms with Crippen LogP contribution in [-0.2, 0) is 10.2 Å². The van der Waals surface area contributed by atoms with E-state index in [0.717, 1.165) is 58.5 Å². The first-order chi connectivity index (χ1) is 14.4. The number of carbonyl (C=O) groups is 2. The normalized spacial score (nSPS) is 23.7. The van der Waals surface area contributed by atoms with Crippen LogP contribution < -0.4 is 5.32 Å². The second-order valence-electron chi connectivity index (χ2n) is 9.75. The van der Waals surface area contributed by atoms with E-state index in [9.17, 15) is 9.59 Å². The third kappa shape index (κ3) is 4.20. The van der Waals surface area contributed by atoms with Crippen LogP contribution in [0.5, 0.6) is 0 Å². The summed E-state index contributed by atoms with van der Waals surface area (Å²) in [5.41, 5.74) is 2.89. The van der Waals surface area contributed by atoms with Gasteiger partial charge in [0.1, 0.15) is 0 Å². The van der Waals surface area contributed by atoms with E-state index in [0.29, 0.717) is 18.2 Å². The van der Waals surface area contributed by atoms with Gasteiger partial charge in [-0.15, -0.1) is 0 Å². The van der Waals surface area contributed by atoms with Crippen LogP contribution in [0.4, 0.5) is 4.79 Å². The van der Waals surface area contributed by atoms with E-state index in [1.54, 1.807) is 0 Å². The van der Waals surface area contributed by atoms with E-state index in [2.05, 4.69) is 41.5 Å². The number of carbonyl (C=O) groups excluding carboxylic acids is 2. The number of amides is 3. The fraction of sp³-hybridized carbons (Fsp3) is 0.667. The van der Waals surface area contributed by atoms with Crippen molar-refractivity contribution in [1.82, 2.24) is 20.0 Å². The van der Waals surface area contributed by atoms with Gasteiger partial charge in [-0.2, -0.15) is 0 Å². The van der Waals surface area contributed by atoms with Gasteiger partial charge in [-0.1, -0.05) is 24.3 Å². The van der Waals surface area contributed by atoms with Crippen molar-refractivity contribution in [2.45, 2.75) is 56.9 Å². The fourth-order valence-electron chi connectivity index (χ4n) is 5.55. The van der Waals surface area contributed by atoms with Gasteiger partial charge in [-0.05, 0) is 62.6 Å². The predicted molar refractivity (Wildman–Crippen MR) is 119 cm³/mol. The smallest absolute Gasteiger partial charge is 0.317 e. The minimum absolute atomic E-state index is 0.0490. The number of nitrogens with zero attached hydrogens (tertiary/aromatic N) is 3. The number of rotatable bonds is 3. The average Bonchev–Trinajstić information content (AvgIpc) is 3.02. The Morgan fingerprint density at radius 3 is 2.37 bits per heavy atom. The zero-order chi connectivity index (χ0) is 21.3. The molecule has 1 spiro atoms. The van der Waals surface area contributed by atoms with Crippen molar-refractivity contribution in [2.24, 2.45) is 0 Å². The highest BCUT2D eigenvalue weighted by molar-refractivity contribution is 5.78. The highest BCUT2D eigenvalue weighted by Crippen LogP contribution is 2.52. The summed E-state index contributed by atoms with van der Waals surface area (Å²) in [6.07, 6.45) is 3.61. The Kier molecular flexibility index (Phi) is 6.05.